The lowest BCUT2D eigenvalue weighted by atomic mass is 9.70. The van der Waals surface area contributed by atoms with Crippen LogP contribution in [-0.4, -0.2) is 15.3 Å². The third-order valence-corrected chi connectivity index (χ3v) is 8.42. The summed E-state index contributed by atoms with van der Waals surface area (Å²) < 4.78 is 1.25. The Kier molecular flexibility index (Phi) is 6.78. The highest BCUT2D eigenvalue weighted by Crippen LogP contribution is 2.44. The first-order valence-corrected chi connectivity index (χ1v) is 12.9. The van der Waals surface area contributed by atoms with Gasteiger partial charge >= 0.3 is 0 Å². The van der Waals surface area contributed by atoms with Crippen molar-refractivity contribution in [3.63, 3.8) is 0 Å². The van der Waals surface area contributed by atoms with Crippen LogP contribution in [0.3, 0.4) is 0 Å². The summed E-state index contributed by atoms with van der Waals surface area (Å²) in [6.07, 6.45) is 0. The van der Waals surface area contributed by atoms with Crippen LogP contribution in [0.1, 0.15) is 54.2 Å². The Balaban J connectivity index is 1.84. The largest absolute Gasteiger partial charge is 0.508 e. The number of phenols is 3. The van der Waals surface area contributed by atoms with Crippen molar-refractivity contribution in [2.75, 3.05) is 0 Å². The zero-order chi connectivity index (χ0) is 25.5. The van der Waals surface area contributed by atoms with Crippen LogP contribution in [0, 0.1) is 6.92 Å². The molecule has 0 unspecified atom stereocenters. The van der Waals surface area contributed by atoms with Crippen molar-refractivity contribution in [2.24, 2.45) is 0 Å². The molecule has 0 aliphatic carbocycles. The Morgan fingerprint density at radius 3 is 1.37 bits per heavy atom. The lowest BCUT2D eigenvalue weighted by molar-refractivity contribution is 0.469. The molecule has 4 aromatic rings. The average molecular weight is 596 g/mol. The molecule has 180 valence electrons. The molecule has 0 atom stereocenters. The van der Waals surface area contributed by atoms with E-state index in [0.29, 0.717) is 14.7 Å². The van der Waals surface area contributed by atoms with Crippen molar-refractivity contribution >= 4 is 31.9 Å². The molecule has 0 radical (unpaired) electrons. The molecule has 0 heterocycles. The van der Waals surface area contributed by atoms with Gasteiger partial charge in [-0.15, -0.1) is 0 Å². The minimum atomic E-state index is -0.551. The molecule has 0 saturated carbocycles. The topological polar surface area (TPSA) is 60.7 Å². The number of aryl methyl sites for hydroxylation is 1. The van der Waals surface area contributed by atoms with Crippen LogP contribution in [0.25, 0.3) is 0 Å². The predicted octanol–water partition coefficient (Wildman–Crippen LogP) is 8.32. The number of benzene rings is 4. The quantitative estimate of drug-likeness (QED) is 0.203. The Bertz CT molecular complexity index is 1340. The van der Waals surface area contributed by atoms with Gasteiger partial charge in [-0.25, -0.2) is 0 Å². The molecule has 35 heavy (non-hydrogen) atoms. The van der Waals surface area contributed by atoms with E-state index in [0.717, 1.165) is 33.4 Å². The van der Waals surface area contributed by atoms with Crippen LogP contribution in [0.2, 0.25) is 0 Å². The lowest BCUT2D eigenvalue weighted by Gasteiger charge is -2.33. The van der Waals surface area contributed by atoms with Crippen LogP contribution in [0.5, 0.6) is 17.2 Å². The van der Waals surface area contributed by atoms with Crippen LogP contribution in [0.15, 0.2) is 87.8 Å². The van der Waals surface area contributed by atoms with Gasteiger partial charge < -0.3 is 15.3 Å². The average Bonchev–Trinajstić information content (AvgIpc) is 2.83. The maximum absolute atomic E-state index is 10.1. The van der Waals surface area contributed by atoms with Gasteiger partial charge in [-0.3, -0.25) is 0 Å². The fourth-order valence-corrected chi connectivity index (χ4v) is 5.32. The molecule has 0 saturated heterocycles. The molecule has 0 aromatic heterocycles. The van der Waals surface area contributed by atoms with Gasteiger partial charge in [0, 0.05) is 10.8 Å². The van der Waals surface area contributed by atoms with E-state index in [4.69, 9.17) is 0 Å². The summed E-state index contributed by atoms with van der Waals surface area (Å²) in [4.78, 5) is 0. The zero-order valence-electron chi connectivity index (χ0n) is 20.1. The molecule has 0 bridgehead atoms. The van der Waals surface area contributed by atoms with Crippen LogP contribution < -0.4 is 0 Å². The molecular formula is C30H28Br2O3. The summed E-state index contributed by atoms with van der Waals surface area (Å²) >= 11 is 6.93. The molecule has 3 N–H and O–H groups in total. The standard InChI is InChI=1S/C30H28Br2O3/c1-18-15-21(9-12-26(18)33)29(2,3)19-5-7-20(8-6-19)30(4,22-10-13-27(34)24(31)16-22)23-11-14-28(35)25(32)17-23/h5-17,33-35H,1-4H3. The van der Waals surface area contributed by atoms with Crippen molar-refractivity contribution < 1.29 is 15.3 Å². The van der Waals surface area contributed by atoms with E-state index in [1.54, 1.807) is 18.2 Å². The first-order chi connectivity index (χ1) is 16.4. The van der Waals surface area contributed by atoms with Gasteiger partial charge in [0.15, 0.2) is 0 Å². The van der Waals surface area contributed by atoms with Gasteiger partial charge in [-0.2, -0.15) is 0 Å². The molecule has 0 amide bonds. The Morgan fingerprint density at radius 2 is 0.914 bits per heavy atom. The van der Waals surface area contributed by atoms with Crippen molar-refractivity contribution in [1.82, 2.24) is 0 Å². The van der Waals surface area contributed by atoms with Gasteiger partial charge in [-0.05, 0) is 109 Å². The molecular weight excluding hydrogens is 568 g/mol. The van der Waals surface area contributed by atoms with Gasteiger partial charge in [0.05, 0.1) is 8.95 Å². The number of rotatable bonds is 5. The molecule has 5 heteroatoms. The van der Waals surface area contributed by atoms with Crippen molar-refractivity contribution in [1.29, 1.82) is 0 Å². The van der Waals surface area contributed by atoms with Crippen molar-refractivity contribution in [3.05, 3.63) is 121 Å². The molecule has 4 aromatic carbocycles. The van der Waals surface area contributed by atoms with Gasteiger partial charge in [-0.1, -0.05) is 62.4 Å². The number of aromatic hydroxyl groups is 3. The molecule has 0 spiro atoms. The normalized spacial score (nSPS) is 12.1. The summed E-state index contributed by atoms with van der Waals surface area (Å²) in [5, 5.41) is 30.2. The number of phenolic OH excluding ortho intramolecular Hbond substituents is 3. The zero-order valence-corrected chi connectivity index (χ0v) is 23.3. The fraction of sp³-hybridized carbons (Fsp3) is 0.200. The Hall–Kier alpha value is -2.76. The summed E-state index contributed by atoms with van der Waals surface area (Å²) in [5.74, 6) is 0.671. The molecule has 0 fully saturated rings. The van der Waals surface area contributed by atoms with Crippen LogP contribution >= 0.6 is 31.9 Å². The monoisotopic (exact) mass is 594 g/mol. The smallest absolute Gasteiger partial charge is 0.129 e. The first-order valence-electron chi connectivity index (χ1n) is 11.3. The number of halogens is 2. The molecule has 3 nitrogen and oxygen atoms in total. The molecule has 0 aliphatic heterocycles. The summed E-state index contributed by atoms with van der Waals surface area (Å²) in [7, 11) is 0. The van der Waals surface area contributed by atoms with Crippen LogP contribution in [0.4, 0.5) is 0 Å². The highest BCUT2D eigenvalue weighted by Gasteiger charge is 2.33. The van der Waals surface area contributed by atoms with Gasteiger partial charge in [0.25, 0.3) is 0 Å². The first kappa shape index (κ1) is 25.3. The van der Waals surface area contributed by atoms with E-state index in [-0.39, 0.29) is 16.9 Å². The van der Waals surface area contributed by atoms with Crippen molar-refractivity contribution in [3.8, 4) is 17.2 Å². The fourth-order valence-electron chi connectivity index (χ4n) is 4.57. The summed E-state index contributed by atoms with van der Waals surface area (Å²) in [6.45, 7) is 8.42. The van der Waals surface area contributed by atoms with E-state index in [1.165, 1.54) is 0 Å². The highest BCUT2D eigenvalue weighted by atomic mass is 79.9. The second kappa shape index (κ2) is 9.36. The highest BCUT2D eigenvalue weighted by molar-refractivity contribution is 9.10. The predicted molar refractivity (Wildman–Crippen MR) is 149 cm³/mol. The molecule has 0 aliphatic rings. The molecule has 4 rings (SSSR count). The minimum Gasteiger partial charge on any atom is -0.508 e. The summed E-state index contributed by atoms with van der Waals surface area (Å²) in [5.41, 5.74) is 5.42. The van der Waals surface area contributed by atoms with E-state index in [1.807, 2.05) is 43.3 Å². The second-order valence-corrected chi connectivity index (χ2v) is 11.4. The van der Waals surface area contributed by atoms with E-state index >= 15 is 0 Å². The number of hydrogen-bond acceptors (Lipinski definition) is 3. The van der Waals surface area contributed by atoms with E-state index in [2.05, 4.69) is 76.9 Å². The van der Waals surface area contributed by atoms with E-state index < -0.39 is 5.41 Å². The Labute approximate surface area is 223 Å². The summed E-state index contributed by atoms with van der Waals surface area (Å²) in [6, 6.07) is 25.5. The maximum atomic E-state index is 10.1. The van der Waals surface area contributed by atoms with E-state index in [9.17, 15) is 15.3 Å². The maximum Gasteiger partial charge on any atom is 0.129 e. The van der Waals surface area contributed by atoms with Crippen LogP contribution in [-0.2, 0) is 10.8 Å². The van der Waals surface area contributed by atoms with Crippen molar-refractivity contribution in [2.45, 2.75) is 38.5 Å². The SMILES string of the molecule is Cc1cc(C(C)(C)c2ccc(C(C)(c3ccc(O)c(Br)c3)c3ccc(O)c(Br)c3)cc2)ccc1O. The van der Waals surface area contributed by atoms with Gasteiger partial charge in [0.1, 0.15) is 17.2 Å². The Morgan fingerprint density at radius 1 is 0.514 bits per heavy atom. The minimum absolute atomic E-state index is 0.185. The number of hydrogen-bond donors (Lipinski definition) is 3. The lowest BCUT2D eigenvalue weighted by Crippen LogP contribution is -2.26. The third-order valence-electron chi connectivity index (χ3n) is 7.15. The third kappa shape index (κ3) is 4.60. The van der Waals surface area contributed by atoms with Gasteiger partial charge in [0.2, 0.25) is 0 Å². The second-order valence-electron chi connectivity index (χ2n) is 9.66.